The maximum absolute atomic E-state index is 11.7. The van der Waals surface area contributed by atoms with Crippen LogP contribution >= 0.6 is 7.60 Å². The molecule has 0 rings (SSSR count). The lowest BCUT2D eigenvalue weighted by Gasteiger charge is -2.12. The molecule has 1 N–H and O–H groups in total. The van der Waals surface area contributed by atoms with Crippen molar-refractivity contribution in [2.45, 2.75) is 20.3 Å². The molecule has 0 spiro atoms. The highest BCUT2D eigenvalue weighted by atomic mass is 31.2. The molecule has 0 aliphatic heterocycles. The lowest BCUT2D eigenvalue weighted by Crippen LogP contribution is -1.92. The van der Waals surface area contributed by atoms with Crippen LogP contribution in [0, 0.1) is 0 Å². The summed E-state index contributed by atoms with van der Waals surface area (Å²) in [6.45, 7) is 4.24. The average molecular weight is 208 g/mol. The summed E-state index contributed by atoms with van der Waals surface area (Å²) in [5, 5.41) is 8.50. The standard InChI is InChI=1S/C8H17O4P/c1-3-11-13(10,12-4-2)8-6-5-7-9/h6,8-9H,3-5,7H2,1-2H3. The Morgan fingerprint density at radius 1 is 1.31 bits per heavy atom. The maximum atomic E-state index is 11.7. The summed E-state index contributed by atoms with van der Waals surface area (Å²) in [6.07, 6.45) is 2.07. The van der Waals surface area contributed by atoms with Crippen LogP contribution in [0.25, 0.3) is 0 Å². The van der Waals surface area contributed by atoms with Crippen LogP contribution in [-0.2, 0) is 13.6 Å². The van der Waals surface area contributed by atoms with Crippen molar-refractivity contribution in [1.29, 1.82) is 0 Å². The first-order valence-electron chi connectivity index (χ1n) is 4.36. The van der Waals surface area contributed by atoms with Crippen LogP contribution in [0.3, 0.4) is 0 Å². The van der Waals surface area contributed by atoms with E-state index in [0.29, 0.717) is 19.6 Å². The molecule has 78 valence electrons. The summed E-state index contributed by atoms with van der Waals surface area (Å²) >= 11 is 0. The normalized spacial score (nSPS) is 12.5. The van der Waals surface area contributed by atoms with Gasteiger partial charge < -0.3 is 14.2 Å². The summed E-state index contributed by atoms with van der Waals surface area (Å²) in [5.74, 6) is 1.40. The van der Waals surface area contributed by atoms with E-state index >= 15 is 0 Å². The monoisotopic (exact) mass is 208 g/mol. The van der Waals surface area contributed by atoms with Crippen LogP contribution in [0.15, 0.2) is 11.9 Å². The molecule has 13 heavy (non-hydrogen) atoms. The molecule has 0 aromatic heterocycles. The second-order valence-electron chi connectivity index (χ2n) is 2.27. The Morgan fingerprint density at radius 3 is 2.23 bits per heavy atom. The number of aliphatic hydroxyl groups excluding tert-OH is 1. The smallest absolute Gasteiger partial charge is 0.353 e. The fourth-order valence-electron chi connectivity index (χ4n) is 0.761. The molecule has 5 heteroatoms. The summed E-state index contributed by atoms with van der Waals surface area (Å²) in [5.41, 5.74) is 0. The van der Waals surface area contributed by atoms with Gasteiger partial charge in [0.15, 0.2) is 0 Å². The van der Waals surface area contributed by atoms with Crippen LogP contribution in [0.1, 0.15) is 20.3 Å². The van der Waals surface area contributed by atoms with Gasteiger partial charge in [-0.25, -0.2) is 0 Å². The van der Waals surface area contributed by atoms with Gasteiger partial charge in [0.05, 0.1) is 13.2 Å². The van der Waals surface area contributed by atoms with Gasteiger partial charge in [-0.3, -0.25) is 4.57 Å². The fraction of sp³-hybridized carbons (Fsp3) is 0.750. The van der Waals surface area contributed by atoms with Crippen molar-refractivity contribution in [1.82, 2.24) is 0 Å². The summed E-state index contributed by atoms with van der Waals surface area (Å²) in [7, 11) is -3.04. The van der Waals surface area contributed by atoms with Gasteiger partial charge in [-0.2, -0.15) is 0 Å². The predicted molar refractivity (Wildman–Crippen MR) is 51.7 cm³/mol. The Kier molecular flexibility index (Phi) is 7.19. The predicted octanol–water partition coefficient (Wildman–Crippen LogP) is 2.15. The Balaban J connectivity index is 4.14. The molecule has 0 aliphatic rings. The average Bonchev–Trinajstić information content (AvgIpc) is 2.05. The van der Waals surface area contributed by atoms with Crippen LogP contribution in [0.5, 0.6) is 0 Å². The van der Waals surface area contributed by atoms with E-state index in [-0.39, 0.29) is 6.61 Å². The number of hydrogen-bond donors (Lipinski definition) is 1. The zero-order chi connectivity index (χ0) is 10.2. The third-order valence-electron chi connectivity index (χ3n) is 1.20. The molecule has 0 amide bonds. The molecule has 0 bridgehead atoms. The van der Waals surface area contributed by atoms with Gasteiger partial charge in [0.25, 0.3) is 0 Å². The quantitative estimate of drug-likeness (QED) is 0.651. The van der Waals surface area contributed by atoms with Gasteiger partial charge in [-0.15, -0.1) is 0 Å². The van der Waals surface area contributed by atoms with Gasteiger partial charge in [0.1, 0.15) is 0 Å². The summed E-state index contributed by atoms with van der Waals surface area (Å²) in [6, 6.07) is 0. The molecule has 0 fully saturated rings. The highest BCUT2D eigenvalue weighted by Crippen LogP contribution is 2.49. The van der Waals surface area contributed by atoms with E-state index in [2.05, 4.69) is 0 Å². The summed E-state index contributed by atoms with van der Waals surface area (Å²) < 4.78 is 21.6. The zero-order valence-corrected chi connectivity index (χ0v) is 9.00. The van der Waals surface area contributed by atoms with E-state index in [1.807, 2.05) is 0 Å². The highest BCUT2D eigenvalue weighted by molar-refractivity contribution is 7.57. The van der Waals surface area contributed by atoms with Gasteiger partial charge in [0.2, 0.25) is 0 Å². The van der Waals surface area contributed by atoms with Gasteiger partial charge in [0, 0.05) is 12.4 Å². The van der Waals surface area contributed by atoms with E-state index in [0.717, 1.165) is 0 Å². The van der Waals surface area contributed by atoms with Crippen LogP contribution in [0.4, 0.5) is 0 Å². The third kappa shape index (κ3) is 5.99. The largest absolute Gasteiger partial charge is 0.396 e. The van der Waals surface area contributed by atoms with Crippen molar-refractivity contribution < 1.29 is 18.7 Å². The molecule has 0 unspecified atom stereocenters. The Labute approximate surface area is 79.1 Å². The SMILES string of the molecule is CCOP(=O)(C=CCCO)OCC. The molecular weight excluding hydrogens is 191 g/mol. The van der Waals surface area contributed by atoms with Gasteiger partial charge >= 0.3 is 7.60 Å². The van der Waals surface area contributed by atoms with Crippen molar-refractivity contribution in [2.24, 2.45) is 0 Å². The van der Waals surface area contributed by atoms with E-state index in [9.17, 15) is 4.57 Å². The first kappa shape index (κ1) is 12.8. The Hall–Kier alpha value is -0.150. The Bertz CT molecular complexity index is 181. The van der Waals surface area contributed by atoms with Crippen molar-refractivity contribution in [3.05, 3.63) is 11.9 Å². The molecule has 0 saturated carbocycles. The molecule has 0 aromatic carbocycles. The van der Waals surface area contributed by atoms with E-state index in [1.165, 1.54) is 5.82 Å². The fourth-order valence-corrected chi connectivity index (χ4v) is 2.14. The van der Waals surface area contributed by atoms with Crippen LogP contribution in [-0.4, -0.2) is 24.9 Å². The first-order chi connectivity index (χ1) is 6.18. The molecule has 4 nitrogen and oxygen atoms in total. The van der Waals surface area contributed by atoms with E-state index < -0.39 is 7.60 Å². The number of hydrogen-bond acceptors (Lipinski definition) is 4. The second kappa shape index (κ2) is 7.27. The van der Waals surface area contributed by atoms with Gasteiger partial charge in [-0.05, 0) is 20.3 Å². The van der Waals surface area contributed by atoms with Crippen LogP contribution in [0.2, 0.25) is 0 Å². The van der Waals surface area contributed by atoms with Crippen molar-refractivity contribution in [2.75, 3.05) is 19.8 Å². The van der Waals surface area contributed by atoms with Crippen molar-refractivity contribution >= 4 is 7.60 Å². The molecule has 0 heterocycles. The molecule has 0 aliphatic carbocycles. The maximum Gasteiger partial charge on any atom is 0.353 e. The molecule has 0 aromatic rings. The third-order valence-corrected chi connectivity index (χ3v) is 3.01. The van der Waals surface area contributed by atoms with E-state index in [1.54, 1.807) is 19.9 Å². The highest BCUT2D eigenvalue weighted by Gasteiger charge is 2.18. The first-order valence-corrected chi connectivity index (χ1v) is 5.97. The molecule has 0 saturated heterocycles. The zero-order valence-electron chi connectivity index (χ0n) is 8.10. The minimum atomic E-state index is -3.04. The topological polar surface area (TPSA) is 55.8 Å². The van der Waals surface area contributed by atoms with Crippen molar-refractivity contribution in [3.8, 4) is 0 Å². The minimum Gasteiger partial charge on any atom is -0.396 e. The van der Waals surface area contributed by atoms with Crippen LogP contribution < -0.4 is 0 Å². The lowest BCUT2D eigenvalue weighted by atomic mass is 10.5. The van der Waals surface area contributed by atoms with Gasteiger partial charge in [-0.1, -0.05) is 6.08 Å². The molecular formula is C8H17O4P. The molecule has 0 radical (unpaired) electrons. The van der Waals surface area contributed by atoms with Crippen molar-refractivity contribution in [3.63, 3.8) is 0 Å². The summed E-state index contributed by atoms with van der Waals surface area (Å²) in [4.78, 5) is 0. The minimum absolute atomic E-state index is 0.0365. The number of rotatable bonds is 7. The second-order valence-corrected chi connectivity index (χ2v) is 4.17. The van der Waals surface area contributed by atoms with E-state index in [4.69, 9.17) is 14.2 Å². The number of aliphatic hydroxyl groups is 1. The Morgan fingerprint density at radius 2 is 1.85 bits per heavy atom. The lowest BCUT2D eigenvalue weighted by molar-refractivity contribution is 0.228. The molecule has 0 atom stereocenters.